The zero-order valence-corrected chi connectivity index (χ0v) is 17.5. The summed E-state index contributed by atoms with van der Waals surface area (Å²) in [5, 5.41) is 12.9. The van der Waals surface area contributed by atoms with E-state index < -0.39 is 0 Å². The Hall–Kier alpha value is -2.57. The van der Waals surface area contributed by atoms with Crippen molar-refractivity contribution in [2.75, 3.05) is 26.2 Å². The highest BCUT2D eigenvalue weighted by Gasteiger charge is 2.32. The lowest BCUT2D eigenvalue weighted by Gasteiger charge is -2.41. The summed E-state index contributed by atoms with van der Waals surface area (Å²) in [5.74, 6) is 0.930. The molecule has 6 nitrogen and oxygen atoms in total. The summed E-state index contributed by atoms with van der Waals surface area (Å²) in [6, 6.07) is 22.0. The largest absolute Gasteiger partial charge is 0.298 e. The number of benzene rings is 2. The van der Waals surface area contributed by atoms with Gasteiger partial charge in [0.15, 0.2) is 5.82 Å². The van der Waals surface area contributed by atoms with E-state index in [1.54, 1.807) is 0 Å². The van der Waals surface area contributed by atoms with Gasteiger partial charge in [0.05, 0.1) is 12.6 Å². The van der Waals surface area contributed by atoms with Crippen LogP contribution in [0, 0.1) is 0 Å². The predicted octanol–water partition coefficient (Wildman–Crippen LogP) is 3.37. The van der Waals surface area contributed by atoms with E-state index >= 15 is 0 Å². The first kappa shape index (κ1) is 19.4. The minimum Gasteiger partial charge on any atom is -0.298 e. The molecule has 1 aliphatic carbocycles. The molecule has 0 radical (unpaired) electrons. The van der Waals surface area contributed by atoms with Crippen molar-refractivity contribution in [3.63, 3.8) is 0 Å². The molecule has 0 amide bonds. The van der Waals surface area contributed by atoms with Crippen LogP contribution in [0.25, 0.3) is 0 Å². The molecule has 0 bridgehead atoms. The average Bonchev–Trinajstić information content (AvgIpc) is 3.49. The van der Waals surface area contributed by atoms with Crippen LogP contribution in [-0.2, 0) is 6.54 Å². The van der Waals surface area contributed by atoms with E-state index in [4.69, 9.17) is 0 Å². The molecule has 2 heterocycles. The number of tetrazole rings is 1. The standard InChI is InChI=1S/C24H30N6/c1-3-9-20(10-4-1)19-30-24(25-26-27-30)23(21-11-5-2-6-12-21)29-17-15-28(16-18-29)22-13-7-8-14-22/h1-6,9-12,22-23H,7-8,13-19H2/t23-/m1/s1. The van der Waals surface area contributed by atoms with Gasteiger partial charge >= 0.3 is 0 Å². The van der Waals surface area contributed by atoms with E-state index in [1.807, 2.05) is 10.7 Å². The summed E-state index contributed by atoms with van der Waals surface area (Å²) in [4.78, 5) is 5.27. The van der Waals surface area contributed by atoms with Crippen molar-refractivity contribution in [1.29, 1.82) is 0 Å². The number of rotatable bonds is 6. The van der Waals surface area contributed by atoms with E-state index in [9.17, 15) is 0 Å². The van der Waals surface area contributed by atoms with Crippen molar-refractivity contribution in [3.05, 3.63) is 77.6 Å². The van der Waals surface area contributed by atoms with Gasteiger partial charge in [0.25, 0.3) is 0 Å². The highest BCUT2D eigenvalue weighted by molar-refractivity contribution is 5.25. The molecule has 0 spiro atoms. The zero-order chi connectivity index (χ0) is 20.2. The number of aromatic nitrogens is 4. The van der Waals surface area contributed by atoms with Crippen molar-refractivity contribution in [2.24, 2.45) is 0 Å². The average molecular weight is 403 g/mol. The van der Waals surface area contributed by atoms with Gasteiger partial charge in [-0.3, -0.25) is 9.80 Å². The summed E-state index contributed by atoms with van der Waals surface area (Å²) >= 11 is 0. The molecule has 1 atom stereocenters. The van der Waals surface area contributed by atoms with Gasteiger partial charge in [0.2, 0.25) is 0 Å². The maximum atomic E-state index is 4.51. The van der Waals surface area contributed by atoms with Crippen LogP contribution in [0.3, 0.4) is 0 Å². The van der Waals surface area contributed by atoms with Crippen molar-refractivity contribution in [2.45, 2.75) is 44.3 Å². The van der Waals surface area contributed by atoms with E-state index in [2.05, 4.69) is 79.9 Å². The second-order valence-corrected chi connectivity index (χ2v) is 8.50. The highest BCUT2D eigenvalue weighted by Crippen LogP contribution is 2.30. The van der Waals surface area contributed by atoms with Crippen LogP contribution in [0.1, 0.15) is 48.7 Å². The SMILES string of the molecule is c1ccc(Cn2nnnc2[C@@H](c2ccccc2)N2CCN(C3CCCC3)CC2)cc1. The molecule has 2 fully saturated rings. The van der Waals surface area contributed by atoms with Crippen LogP contribution in [-0.4, -0.2) is 62.2 Å². The third-order valence-corrected chi connectivity index (χ3v) is 6.65. The van der Waals surface area contributed by atoms with Crippen LogP contribution in [0.2, 0.25) is 0 Å². The maximum absolute atomic E-state index is 4.51. The van der Waals surface area contributed by atoms with Crippen molar-refractivity contribution in [3.8, 4) is 0 Å². The molecular weight excluding hydrogens is 372 g/mol. The lowest BCUT2D eigenvalue weighted by atomic mass is 10.0. The van der Waals surface area contributed by atoms with Crippen LogP contribution in [0.4, 0.5) is 0 Å². The molecular formula is C24H30N6. The third kappa shape index (κ3) is 4.16. The maximum Gasteiger partial charge on any atom is 0.173 e. The monoisotopic (exact) mass is 402 g/mol. The minimum atomic E-state index is 0.0793. The van der Waals surface area contributed by atoms with Gasteiger partial charge in [0.1, 0.15) is 0 Å². The van der Waals surface area contributed by atoms with Gasteiger partial charge in [-0.25, -0.2) is 4.68 Å². The summed E-state index contributed by atoms with van der Waals surface area (Å²) in [6.45, 7) is 5.06. The summed E-state index contributed by atoms with van der Waals surface area (Å²) in [6.07, 6.45) is 5.53. The van der Waals surface area contributed by atoms with Crippen molar-refractivity contribution in [1.82, 2.24) is 30.0 Å². The molecule has 1 aromatic heterocycles. The minimum absolute atomic E-state index is 0.0793. The summed E-state index contributed by atoms with van der Waals surface area (Å²) in [5.41, 5.74) is 2.47. The van der Waals surface area contributed by atoms with Crippen molar-refractivity contribution >= 4 is 0 Å². The van der Waals surface area contributed by atoms with Gasteiger partial charge < -0.3 is 0 Å². The predicted molar refractivity (Wildman–Crippen MR) is 117 cm³/mol. The fourth-order valence-corrected chi connectivity index (χ4v) is 5.07. The normalized spacial score (nSPS) is 19.9. The fraction of sp³-hybridized carbons (Fsp3) is 0.458. The third-order valence-electron chi connectivity index (χ3n) is 6.65. The molecule has 3 aromatic rings. The quantitative estimate of drug-likeness (QED) is 0.633. The summed E-state index contributed by atoms with van der Waals surface area (Å²) < 4.78 is 1.97. The Labute approximate surface area is 178 Å². The first-order valence-corrected chi connectivity index (χ1v) is 11.2. The topological polar surface area (TPSA) is 50.1 Å². The number of hydrogen-bond donors (Lipinski definition) is 0. The van der Waals surface area contributed by atoms with E-state index in [1.165, 1.54) is 36.8 Å². The summed E-state index contributed by atoms with van der Waals surface area (Å²) in [7, 11) is 0. The van der Waals surface area contributed by atoms with E-state index in [0.29, 0.717) is 6.54 Å². The second kappa shape index (κ2) is 9.06. The molecule has 1 aliphatic heterocycles. The van der Waals surface area contributed by atoms with Crippen LogP contribution < -0.4 is 0 Å². The first-order chi connectivity index (χ1) is 14.9. The van der Waals surface area contributed by atoms with E-state index in [-0.39, 0.29) is 6.04 Å². The molecule has 0 N–H and O–H groups in total. The molecule has 30 heavy (non-hydrogen) atoms. The van der Waals surface area contributed by atoms with Crippen molar-refractivity contribution < 1.29 is 0 Å². The second-order valence-electron chi connectivity index (χ2n) is 8.50. The number of nitrogens with zero attached hydrogens (tertiary/aromatic N) is 6. The van der Waals surface area contributed by atoms with Gasteiger partial charge in [-0.05, 0) is 34.4 Å². The molecule has 6 heteroatoms. The van der Waals surface area contributed by atoms with Gasteiger partial charge in [-0.15, -0.1) is 5.10 Å². The molecule has 0 unspecified atom stereocenters. The Morgan fingerprint density at radius 3 is 2.20 bits per heavy atom. The van der Waals surface area contributed by atoms with Gasteiger partial charge in [0, 0.05) is 32.2 Å². The first-order valence-electron chi connectivity index (χ1n) is 11.2. The van der Waals surface area contributed by atoms with Crippen LogP contribution >= 0.6 is 0 Å². The molecule has 1 saturated heterocycles. The van der Waals surface area contributed by atoms with Crippen LogP contribution in [0.5, 0.6) is 0 Å². The lowest BCUT2D eigenvalue weighted by Crippen LogP contribution is -2.51. The Morgan fingerprint density at radius 1 is 0.833 bits per heavy atom. The smallest absolute Gasteiger partial charge is 0.173 e. The Kier molecular flexibility index (Phi) is 5.86. The van der Waals surface area contributed by atoms with Gasteiger partial charge in [-0.1, -0.05) is 73.5 Å². The molecule has 5 rings (SSSR count). The number of piperazine rings is 1. The van der Waals surface area contributed by atoms with Gasteiger partial charge in [-0.2, -0.15) is 0 Å². The van der Waals surface area contributed by atoms with E-state index in [0.717, 1.165) is 38.0 Å². The Balaban J connectivity index is 1.39. The zero-order valence-electron chi connectivity index (χ0n) is 17.5. The lowest BCUT2D eigenvalue weighted by molar-refractivity contribution is 0.0771. The molecule has 2 aromatic carbocycles. The molecule has 2 aliphatic rings. The Bertz CT molecular complexity index is 911. The van der Waals surface area contributed by atoms with Crippen LogP contribution in [0.15, 0.2) is 60.7 Å². The highest BCUT2D eigenvalue weighted by atomic mass is 15.6. The molecule has 1 saturated carbocycles. The Morgan fingerprint density at radius 2 is 1.50 bits per heavy atom. The molecule has 156 valence electrons. The fourth-order valence-electron chi connectivity index (χ4n) is 5.07. The number of hydrogen-bond acceptors (Lipinski definition) is 5.